The highest BCUT2D eigenvalue weighted by Gasteiger charge is 2.18. The standard InChI is InChI=1S/C16H23N3O3/c1-2-3-8-17-15(20)16(21)18-13-6-4-5-7-14(13)19-9-11-22-12-10-19/h4-7H,2-3,8-12H2,1H3,(H,17,20)(H,18,21). The van der Waals surface area contributed by atoms with Gasteiger partial charge in [0, 0.05) is 19.6 Å². The number of hydrogen-bond donors (Lipinski definition) is 2. The van der Waals surface area contributed by atoms with Gasteiger partial charge in [-0.25, -0.2) is 0 Å². The molecule has 0 aromatic heterocycles. The van der Waals surface area contributed by atoms with Gasteiger partial charge < -0.3 is 20.3 Å². The van der Waals surface area contributed by atoms with Crippen LogP contribution in [0.5, 0.6) is 0 Å². The number of amides is 2. The third-order valence-electron chi connectivity index (χ3n) is 3.53. The number of carbonyl (C=O) groups excluding carboxylic acids is 2. The second kappa shape index (κ2) is 8.38. The summed E-state index contributed by atoms with van der Waals surface area (Å²) in [4.78, 5) is 25.9. The molecule has 6 nitrogen and oxygen atoms in total. The van der Waals surface area contributed by atoms with Crippen molar-refractivity contribution in [2.24, 2.45) is 0 Å². The maximum Gasteiger partial charge on any atom is 0.313 e. The van der Waals surface area contributed by atoms with E-state index in [2.05, 4.69) is 15.5 Å². The van der Waals surface area contributed by atoms with Crippen LogP contribution in [0.3, 0.4) is 0 Å². The van der Waals surface area contributed by atoms with Gasteiger partial charge in [-0.3, -0.25) is 9.59 Å². The fraction of sp³-hybridized carbons (Fsp3) is 0.500. The zero-order valence-corrected chi connectivity index (χ0v) is 12.9. The smallest absolute Gasteiger partial charge is 0.313 e. The van der Waals surface area contributed by atoms with Crippen LogP contribution in [0.25, 0.3) is 0 Å². The van der Waals surface area contributed by atoms with Crippen molar-refractivity contribution >= 4 is 23.2 Å². The lowest BCUT2D eigenvalue weighted by molar-refractivity contribution is -0.136. The minimum Gasteiger partial charge on any atom is -0.378 e. The van der Waals surface area contributed by atoms with Gasteiger partial charge in [-0.1, -0.05) is 25.5 Å². The summed E-state index contributed by atoms with van der Waals surface area (Å²) in [6.45, 7) is 5.43. The van der Waals surface area contributed by atoms with E-state index in [1.165, 1.54) is 0 Å². The first-order chi connectivity index (χ1) is 10.7. The van der Waals surface area contributed by atoms with Crippen molar-refractivity contribution in [2.45, 2.75) is 19.8 Å². The van der Waals surface area contributed by atoms with Gasteiger partial charge in [-0.2, -0.15) is 0 Å². The number of carbonyl (C=O) groups is 2. The van der Waals surface area contributed by atoms with Gasteiger partial charge in [0.25, 0.3) is 0 Å². The first-order valence-corrected chi connectivity index (χ1v) is 7.73. The van der Waals surface area contributed by atoms with Gasteiger partial charge in [0.1, 0.15) is 0 Å². The molecule has 1 aromatic carbocycles. The normalized spacial score (nSPS) is 14.5. The molecule has 0 saturated carbocycles. The molecule has 0 unspecified atom stereocenters. The predicted molar refractivity (Wildman–Crippen MR) is 86.0 cm³/mol. The summed E-state index contributed by atoms with van der Waals surface area (Å²) >= 11 is 0. The van der Waals surface area contributed by atoms with Crippen molar-refractivity contribution in [1.29, 1.82) is 0 Å². The van der Waals surface area contributed by atoms with Crippen LogP contribution in [0.4, 0.5) is 11.4 Å². The van der Waals surface area contributed by atoms with E-state index in [1.54, 1.807) is 0 Å². The predicted octanol–water partition coefficient (Wildman–Crippen LogP) is 1.38. The maximum absolute atomic E-state index is 12.0. The van der Waals surface area contributed by atoms with Crippen LogP contribution in [-0.4, -0.2) is 44.7 Å². The third-order valence-corrected chi connectivity index (χ3v) is 3.53. The van der Waals surface area contributed by atoms with E-state index in [-0.39, 0.29) is 0 Å². The summed E-state index contributed by atoms with van der Waals surface area (Å²) in [5.74, 6) is -1.22. The number of nitrogens with one attached hydrogen (secondary N) is 2. The molecule has 2 N–H and O–H groups in total. The summed E-state index contributed by atoms with van der Waals surface area (Å²) in [5.41, 5.74) is 1.57. The van der Waals surface area contributed by atoms with Crippen LogP contribution in [0, 0.1) is 0 Å². The van der Waals surface area contributed by atoms with E-state index in [0.29, 0.717) is 25.4 Å². The SMILES string of the molecule is CCCCNC(=O)C(=O)Nc1ccccc1N1CCOCC1. The largest absolute Gasteiger partial charge is 0.378 e. The highest BCUT2D eigenvalue weighted by molar-refractivity contribution is 6.39. The Bertz CT molecular complexity index is 513. The minimum absolute atomic E-state index is 0.522. The molecule has 2 amide bonds. The van der Waals surface area contributed by atoms with Gasteiger partial charge in [0.15, 0.2) is 0 Å². The Morgan fingerprint density at radius 2 is 1.91 bits per heavy atom. The molecular weight excluding hydrogens is 282 g/mol. The number of rotatable bonds is 5. The van der Waals surface area contributed by atoms with Gasteiger partial charge in [-0.15, -0.1) is 0 Å². The summed E-state index contributed by atoms with van der Waals surface area (Å²) in [5, 5.41) is 5.32. The van der Waals surface area contributed by atoms with E-state index in [0.717, 1.165) is 31.6 Å². The van der Waals surface area contributed by atoms with Crippen molar-refractivity contribution in [3.8, 4) is 0 Å². The number of anilines is 2. The lowest BCUT2D eigenvalue weighted by Crippen LogP contribution is -2.38. The summed E-state index contributed by atoms with van der Waals surface area (Å²) in [7, 11) is 0. The maximum atomic E-state index is 12.0. The molecule has 22 heavy (non-hydrogen) atoms. The Morgan fingerprint density at radius 1 is 1.18 bits per heavy atom. The molecular formula is C16H23N3O3. The van der Waals surface area contributed by atoms with Crippen molar-refractivity contribution in [3.63, 3.8) is 0 Å². The molecule has 1 aliphatic rings. The quantitative estimate of drug-likeness (QED) is 0.637. The lowest BCUT2D eigenvalue weighted by Gasteiger charge is -2.30. The number of hydrogen-bond acceptors (Lipinski definition) is 4. The zero-order chi connectivity index (χ0) is 15.8. The van der Waals surface area contributed by atoms with Crippen LogP contribution in [0.2, 0.25) is 0 Å². The van der Waals surface area contributed by atoms with Crippen LogP contribution in [-0.2, 0) is 14.3 Å². The number of morpholine rings is 1. The first kappa shape index (κ1) is 16.3. The summed E-state index contributed by atoms with van der Waals surface area (Å²) < 4.78 is 5.34. The van der Waals surface area contributed by atoms with E-state index in [1.807, 2.05) is 31.2 Å². The van der Waals surface area contributed by atoms with Gasteiger partial charge in [0.2, 0.25) is 0 Å². The van der Waals surface area contributed by atoms with Crippen molar-refractivity contribution in [1.82, 2.24) is 5.32 Å². The Hall–Kier alpha value is -2.08. The number of unbranched alkanes of at least 4 members (excludes halogenated alkanes) is 1. The molecule has 1 saturated heterocycles. The molecule has 1 aliphatic heterocycles. The van der Waals surface area contributed by atoms with E-state index in [4.69, 9.17) is 4.74 Å². The molecule has 0 radical (unpaired) electrons. The molecule has 0 aliphatic carbocycles. The minimum atomic E-state index is -0.628. The fourth-order valence-electron chi connectivity index (χ4n) is 2.30. The first-order valence-electron chi connectivity index (χ1n) is 7.73. The average Bonchev–Trinajstić information content (AvgIpc) is 2.56. The van der Waals surface area contributed by atoms with Crippen molar-refractivity contribution in [3.05, 3.63) is 24.3 Å². The molecule has 2 rings (SSSR count). The Balaban J connectivity index is 1.99. The number of nitrogens with zero attached hydrogens (tertiary/aromatic N) is 1. The fourth-order valence-corrected chi connectivity index (χ4v) is 2.30. The molecule has 0 atom stereocenters. The van der Waals surface area contributed by atoms with E-state index < -0.39 is 11.8 Å². The molecule has 0 spiro atoms. The lowest BCUT2D eigenvalue weighted by atomic mass is 10.2. The highest BCUT2D eigenvalue weighted by atomic mass is 16.5. The van der Waals surface area contributed by atoms with Gasteiger partial charge in [-0.05, 0) is 18.6 Å². The average molecular weight is 305 g/mol. The van der Waals surface area contributed by atoms with Crippen LogP contribution in [0.1, 0.15) is 19.8 Å². The van der Waals surface area contributed by atoms with E-state index >= 15 is 0 Å². The van der Waals surface area contributed by atoms with Crippen molar-refractivity contribution in [2.75, 3.05) is 43.1 Å². The number of benzene rings is 1. The Labute approximate surface area is 130 Å². The van der Waals surface area contributed by atoms with Gasteiger partial charge >= 0.3 is 11.8 Å². The topological polar surface area (TPSA) is 70.7 Å². The van der Waals surface area contributed by atoms with Crippen LogP contribution >= 0.6 is 0 Å². The van der Waals surface area contributed by atoms with E-state index in [9.17, 15) is 9.59 Å². The van der Waals surface area contributed by atoms with Crippen molar-refractivity contribution < 1.29 is 14.3 Å². The molecule has 0 bridgehead atoms. The summed E-state index contributed by atoms with van der Waals surface area (Å²) in [6.07, 6.45) is 1.84. The van der Waals surface area contributed by atoms with Crippen LogP contribution in [0.15, 0.2) is 24.3 Å². The molecule has 1 heterocycles. The second-order valence-electron chi connectivity index (χ2n) is 5.18. The molecule has 1 aromatic rings. The molecule has 6 heteroatoms. The highest BCUT2D eigenvalue weighted by Crippen LogP contribution is 2.26. The zero-order valence-electron chi connectivity index (χ0n) is 12.9. The second-order valence-corrected chi connectivity index (χ2v) is 5.18. The number of para-hydroxylation sites is 2. The monoisotopic (exact) mass is 305 g/mol. The molecule has 120 valence electrons. The Morgan fingerprint density at radius 3 is 2.64 bits per heavy atom. The Kier molecular flexibility index (Phi) is 6.21. The van der Waals surface area contributed by atoms with Gasteiger partial charge in [0.05, 0.1) is 24.6 Å². The summed E-state index contributed by atoms with van der Waals surface area (Å²) in [6, 6.07) is 7.51. The third kappa shape index (κ3) is 4.46. The molecule has 1 fully saturated rings. The number of ether oxygens (including phenoxy) is 1. The van der Waals surface area contributed by atoms with Crippen LogP contribution < -0.4 is 15.5 Å².